The second kappa shape index (κ2) is 8.41. The number of rotatable bonds is 6. The summed E-state index contributed by atoms with van der Waals surface area (Å²) in [4.78, 5) is 11.7. The van der Waals surface area contributed by atoms with E-state index in [1.54, 1.807) is 0 Å². The quantitative estimate of drug-likeness (QED) is 0.445. The molecular weight excluding hydrogens is 356 g/mol. The normalized spacial score (nSPS) is 11.7. The average Bonchev–Trinajstić information content (AvgIpc) is 3.08. The van der Waals surface area contributed by atoms with E-state index in [-0.39, 0.29) is 0 Å². The standard InChI is InChI=1S/C25H26N4/c1-28(2)17-16-26-18-23-27-24-21(19-10-6-4-7-11-19)14-15-22(25(24)29(23)3)20-12-8-5-9-13-20/h4-15,18H,16-17H2,1-3H3/b26-18+. The summed E-state index contributed by atoms with van der Waals surface area (Å²) in [5.74, 6) is 0.874. The topological polar surface area (TPSA) is 33.4 Å². The highest BCUT2D eigenvalue weighted by Gasteiger charge is 2.16. The molecule has 0 radical (unpaired) electrons. The number of hydrogen-bond acceptors (Lipinski definition) is 3. The lowest BCUT2D eigenvalue weighted by molar-refractivity contribution is 0.421. The molecule has 0 atom stereocenters. The van der Waals surface area contributed by atoms with Crippen molar-refractivity contribution in [2.24, 2.45) is 12.0 Å². The number of aryl methyl sites for hydroxylation is 1. The van der Waals surface area contributed by atoms with Crippen LogP contribution in [0.15, 0.2) is 77.8 Å². The lowest BCUT2D eigenvalue weighted by atomic mass is 9.98. The molecule has 4 rings (SSSR count). The Hall–Kier alpha value is -3.24. The molecule has 0 N–H and O–H groups in total. The van der Waals surface area contributed by atoms with Gasteiger partial charge in [-0.2, -0.15) is 0 Å². The molecule has 0 amide bonds. The van der Waals surface area contributed by atoms with E-state index in [9.17, 15) is 0 Å². The fourth-order valence-electron chi connectivity index (χ4n) is 3.56. The summed E-state index contributed by atoms with van der Waals surface area (Å²) in [6, 6.07) is 25.3. The summed E-state index contributed by atoms with van der Waals surface area (Å²) in [7, 11) is 6.19. The molecule has 146 valence electrons. The minimum atomic E-state index is 0.757. The lowest BCUT2D eigenvalue weighted by Crippen LogP contribution is -2.15. The number of aliphatic imine (C=N–C) groups is 1. The van der Waals surface area contributed by atoms with Crippen molar-refractivity contribution in [3.05, 3.63) is 78.6 Å². The van der Waals surface area contributed by atoms with Gasteiger partial charge >= 0.3 is 0 Å². The van der Waals surface area contributed by atoms with E-state index < -0.39 is 0 Å². The molecule has 4 heteroatoms. The summed E-state index contributed by atoms with van der Waals surface area (Å²) in [5, 5.41) is 0. The zero-order chi connectivity index (χ0) is 20.2. The molecule has 0 saturated heterocycles. The van der Waals surface area contributed by atoms with Gasteiger partial charge in [0.15, 0.2) is 5.82 Å². The van der Waals surface area contributed by atoms with Crippen molar-refractivity contribution in [1.29, 1.82) is 0 Å². The molecule has 0 aliphatic carbocycles. The van der Waals surface area contributed by atoms with Crippen LogP contribution in [-0.2, 0) is 7.05 Å². The zero-order valence-corrected chi connectivity index (χ0v) is 17.2. The largest absolute Gasteiger partial charge is 0.326 e. The predicted octanol–water partition coefficient (Wildman–Crippen LogP) is 4.89. The molecule has 0 spiro atoms. The second-order valence-corrected chi connectivity index (χ2v) is 7.46. The molecule has 0 saturated carbocycles. The Balaban J connectivity index is 1.88. The third kappa shape index (κ3) is 3.98. The molecule has 4 nitrogen and oxygen atoms in total. The van der Waals surface area contributed by atoms with Crippen LogP contribution in [0.2, 0.25) is 0 Å². The second-order valence-electron chi connectivity index (χ2n) is 7.46. The number of likely N-dealkylation sites (N-methyl/N-ethyl adjacent to an activating group) is 1. The molecule has 0 bridgehead atoms. The zero-order valence-electron chi connectivity index (χ0n) is 17.2. The molecule has 4 aromatic rings. The minimum Gasteiger partial charge on any atom is -0.326 e. The van der Waals surface area contributed by atoms with Crippen molar-refractivity contribution in [2.75, 3.05) is 27.2 Å². The van der Waals surface area contributed by atoms with Gasteiger partial charge in [-0.1, -0.05) is 72.8 Å². The van der Waals surface area contributed by atoms with E-state index >= 15 is 0 Å². The molecule has 29 heavy (non-hydrogen) atoms. The van der Waals surface area contributed by atoms with E-state index in [2.05, 4.69) is 96.3 Å². The van der Waals surface area contributed by atoms with Gasteiger partial charge in [0, 0.05) is 24.7 Å². The van der Waals surface area contributed by atoms with Crippen LogP contribution in [-0.4, -0.2) is 47.9 Å². The van der Waals surface area contributed by atoms with E-state index in [4.69, 9.17) is 4.98 Å². The van der Waals surface area contributed by atoms with Gasteiger partial charge in [0.1, 0.15) is 0 Å². The number of nitrogens with zero attached hydrogens (tertiary/aromatic N) is 4. The van der Waals surface area contributed by atoms with Gasteiger partial charge in [0.25, 0.3) is 0 Å². The number of imidazole rings is 1. The van der Waals surface area contributed by atoms with Crippen LogP contribution < -0.4 is 0 Å². The van der Waals surface area contributed by atoms with E-state index in [1.807, 2.05) is 18.3 Å². The van der Waals surface area contributed by atoms with E-state index in [0.717, 1.165) is 35.5 Å². The first-order valence-corrected chi connectivity index (χ1v) is 9.90. The molecule has 1 heterocycles. The van der Waals surface area contributed by atoms with E-state index in [1.165, 1.54) is 16.7 Å². The molecular formula is C25H26N4. The van der Waals surface area contributed by atoms with Gasteiger partial charge in [-0.25, -0.2) is 4.98 Å². The van der Waals surface area contributed by atoms with Gasteiger partial charge in [-0.05, 0) is 25.2 Å². The molecule has 3 aromatic carbocycles. The monoisotopic (exact) mass is 382 g/mol. The Morgan fingerprint density at radius 3 is 2.07 bits per heavy atom. The first-order valence-electron chi connectivity index (χ1n) is 9.90. The maximum atomic E-state index is 4.99. The number of benzene rings is 3. The Labute approximate surface area is 172 Å². The first kappa shape index (κ1) is 19.1. The summed E-state index contributed by atoms with van der Waals surface area (Å²) in [6.07, 6.45) is 1.90. The predicted molar refractivity (Wildman–Crippen MR) is 123 cm³/mol. The molecule has 0 unspecified atom stereocenters. The SMILES string of the molecule is CN(C)CC/N=C/c1nc2c(-c3ccccc3)ccc(-c3ccccc3)c2n1C. The smallest absolute Gasteiger partial charge is 0.151 e. The average molecular weight is 383 g/mol. The summed E-state index contributed by atoms with van der Waals surface area (Å²) >= 11 is 0. The van der Waals surface area contributed by atoms with Crippen LogP contribution >= 0.6 is 0 Å². The van der Waals surface area contributed by atoms with E-state index in [0.29, 0.717) is 0 Å². The maximum Gasteiger partial charge on any atom is 0.151 e. The molecule has 0 fully saturated rings. The third-order valence-electron chi connectivity index (χ3n) is 5.11. The van der Waals surface area contributed by atoms with Crippen LogP contribution in [0.4, 0.5) is 0 Å². The van der Waals surface area contributed by atoms with Crippen LogP contribution in [0.3, 0.4) is 0 Å². The van der Waals surface area contributed by atoms with Crippen molar-refractivity contribution in [2.45, 2.75) is 0 Å². The highest BCUT2D eigenvalue weighted by atomic mass is 15.1. The van der Waals surface area contributed by atoms with Gasteiger partial charge < -0.3 is 9.47 Å². The Kier molecular flexibility index (Phi) is 5.54. The fraction of sp³-hybridized carbons (Fsp3) is 0.200. The van der Waals surface area contributed by atoms with Crippen LogP contribution in [0.1, 0.15) is 5.82 Å². The highest BCUT2D eigenvalue weighted by Crippen LogP contribution is 2.35. The molecule has 0 aliphatic heterocycles. The van der Waals surface area contributed by atoms with Gasteiger partial charge in [-0.15, -0.1) is 0 Å². The van der Waals surface area contributed by atoms with Crippen molar-refractivity contribution in [3.8, 4) is 22.3 Å². The fourth-order valence-corrected chi connectivity index (χ4v) is 3.56. The number of aromatic nitrogens is 2. The minimum absolute atomic E-state index is 0.757. The van der Waals surface area contributed by atoms with Crippen molar-refractivity contribution in [1.82, 2.24) is 14.5 Å². The van der Waals surface area contributed by atoms with Crippen LogP contribution in [0.5, 0.6) is 0 Å². The number of fused-ring (bicyclic) bond motifs is 1. The van der Waals surface area contributed by atoms with Crippen molar-refractivity contribution >= 4 is 17.2 Å². The van der Waals surface area contributed by atoms with Gasteiger partial charge in [-0.3, -0.25) is 4.99 Å². The van der Waals surface area contributed by atoms with Gasteiger partial charge in [0.05, 0.1) is 23.8 Å². The van der Waals surface area contributed by atoms with Crippen LogP contribution in [0.25, 0.3) is 33.3 Å². The van der Waals surface area contributed by atoms with Gasteiger partial charge in [0.2, 0.25) is 0 Å². The third-order valence-corrected chi connectivity index (χ3v) is 5.11. The Morgan fingerprint density at radius 2 is 1.45 bits per heavy atom. The molecule has 0 aliphatic rings. The first-order chi connectivity index (χ1) is 14.1. The van der Waals surface area contributed by atoms with Crippen molar-refractivity contribution in [3.63, 3.8) is 0 Å². The lowest BCUT2D eigenvalue weighted by Gasteiger charge is -2.10. The summed E-state index contributed by atoms with van der Waals surface area (Å²) in [5.41, 5.74) is 6.83. The summed E-state index contributed by atoms with van der Waals surface area (Å²) < 4.78 is 2.16. The highest BCUT2D eigenvalue weighted by molar-refractivity contribution is 6.03. The Bertz CT molecular complexity index is 1130. The summed E-state index contributed by atoms with van der Waals surface area (Å²) in [6.45, 7) is 1.68. The maximum absolute atomic E-state index is 4.99. The van der Waals surface area contributed by atoms with Crippen LogP contribution in [0, 0.1) is 0 Å². The molecule has 1 aromatic heterocycles. The number of hydrogen-bond donors (Lipinski definition) is 0. The van der Waals surface area contributed by atoms with Crippen molar-refractivity contribution < 1.29 is 0 Å². The Morgan fingerprint density at radius 1 is 0.862 bits per heavy atom.